The van der Waals surface area contributed by atoms with Crippen LogP contribution < -0.4 is 25.6 Å². The van der Waals surface area contributed by atoms with E-state index in [4.69, 9.17) is 14.5 Å². The standard InChI is InChI=1S/C37H44BrN10O2P/c1-46-21-24(19-42-46)26-17-30(32(49-2)18-31(26)48-15-9-37(10-16-48)7-13-47(14-8-37)25-22-50-23-25)44-36-41-20-27(38)35(45-36)43-29-6-5-28-33(34(29)51(3)4)40-12-11-39-28/h5-6,11-12,17-21,25H,7-10,13-16,22-23H2,1-4H3,(H2,41,43,44,45). The number of piperidine rings is 2. The van der Waals surface area contributed by atoms with Gasteiger partial charge in [-0.15, -0.1) is 0 Å². The Labute approximate surface area is 308 Å². The number of fused-ring (bicyclic) bond motifs is 1. The van der Waals surface area contributed by atoms with Gasteiger partial charge in [-0.1, -0.05) is 7.92 Å². The first-order chi connectivity index (χ1) is 24.8. The molecule has 6 heterocycles. The topological polar surface area (TPSA) is 118 Å². The molecule has 5 aromatic rings. The fourth-order valence-electron chi connectivity index (χ4n) is 7.75. The zero-order valence-corrected chi connectivity index (χ0v) is 32.0. The Hall–Kier alpha value is -3.90. The van der Waals surface area contributed by atoms with E-state index in [0.29, 0.717) is 23.2 Å². The second kappa shape index (κ2) is 14.3. The summed E-state index contributed by atoms with van der Waals surface area (Å²) in [6.45, 7) is 10.7. The summed E-state index contributed by atoms with van der Waals surface area (Å²) in [7, 11) is 3.18. The predicted octanol–water partition coefficient (Wildman–Crippen LogP) is 6.53. The fraction of sp³-hybridized carbons (Fsp3) is 0.432. The molecule has 3 aliphatic rings. The van der Waals surface area contributed by atoms with Crippen molar-refractivity contribution in [1.82, 2.24) is 34.6 Å². The first-order valence-corrected chi connectivity index (χ1v) is 20.6. The summed E-state index contributed by atoms with van der Waals surface area (Å²) in [4.78, 5) is 23.9. The van der Waals surface area contributed by atoms with Crippen molar-refractivity contribution in [2.75, 3.05) is 75.4 Å². The Bertz CT molecular complexity index is 2040. The van der Waals surface area contributed by atoms with Crippen LogP contribution in [-0.2, 0) is 11.8 Å². The molecule has 2 aromatic carbocycles. The number of ether oxygens (including phenoxy) is 2. The van der Waals surface area contributed by atoms with E-state index in [-0.39, 0.29) is 0 Å². The molecule has 0 unspecified atom stereocenters. The van der Waals surface area contributed by atoms with Crippen LogP contribution >= 0.6 is 23.9 Å². The molecular weight excluding hydrogens is 727 g/mol. The molecular formula is C37H44BrN10O2P. The molecule has 3 saturated heterocycles. The van der Waals surface area contributed by atoms with Gasteiger partial charge in [0, 0.05) is 78.8 Å². The highest BCUT2D eigenvalue weighted by atomic mass is 79.9. The van der Waals surface area contributed by atoms with Gasteiger partial charge >= 0.3 is 0 Å². The second-order valence-electron chi connectivity index (χ2n) is 14.1. The molecule has 14 heteroatoms. The number of benzene rings is 2. The van der Waals surface area contributed by atoms with Crippen molar-refractivity contribution in [3.8, 4) is 16.9 Å². The Morgan fingerprint density at radius 1 is 0.941 bits per heavy atom. The van der Waals surface area contributed by atoms with E-state index in [1.807, 2.05) is 30.1 Å². The van der Waals surface area contributed by atoms with Crippen LogP contribution in [0.1, 0.15) is 25.7 Å². The lowest BCUT2D eigenvalue weighted by molar-refractivity contribution is -0.0834. The maximum Gasteiger partial charge on any atom is 0.229 e. The minimum Gasteiger partial charge on any atom is -0.494 e. The van der Waals surface area contributed by atoms with E-state index in [1.165, 1.54) is 38.8 Å². The average Bonchev–Trinajstić information content (AvgIpc) is 3.56. The molecule has 0 amide bonds. The molecule has 1 spiro atoms. The first kappa shape index (κ1) is 34.2. The van der Waals surface area contributed by atoms with Crippen molar-refractivity contribution in [1.29, 1.82) is 0 Å². The van der Waals surface area contributed by atoms with Crippen molar-refractivity contribution in [3.63, 3.8) is 0 Å². The second-order valence-corrected chi connectivity index (χ2v) is 17.2. The normalized spacial score (nSPS) is 18.0. The number of hydrogen-bond acceptors (Lipinski definition) is 11. The van der Waals surface area contributed by atoms with Crippen LogP contribution in [-0.4, -0.2) is 100 Å². The average molecular weight is 772 g/mol. The van der Waals surface area contributed by atoms with Crippen molar-refractivity contribution in [2.24, 2.45) is 12.5 Å². The van der Waals surface area contributed by atoms with E-state index in [1.54, 1.807) is 25.7 Å². The molecule has 0 aliphatic carbocycles. The highest BCUT2D eigenvalue weighted by Crippen LogP contribution is 2.46. The molecule has 2 N–H and O–H groups in total. The molecule has 8 rings (SSSR count). The van der Waals surface area contributed by atoms with E-state index in [9.17, 15) is 0 Å². The van der Waals surface area contributed by atoms with Crippen LogP contribution in [0.4, 0.5) is 28.8 Å². The van der Waals surface area contributed by atoms with Crippen LogP contribution in [0.2, 0.25) is 0 Å². The minimum atomic E-state index is -0.491. The van der Waals surface area contributed by atoms with Crippen molar-refractivity contribution >= 4 is 69.0 Å². The van der Waals surface area contributed by atoms with Crippen molar-refractivity contribution in [2.45, 2.75) is 31.7 Å². The molecule has 3 fully saturated rings. The molecule has 3 aromatic heterocycles. The van der Waals surface area contributed by atoms with E-state index >= 15 is 0 Å². The van der Waals surface area contributed by atoms with Gasteiger partial charge in [0.1, 0.15) is 11.6 Å². The molecule has 3 aliphatic heterocycles. The number of methoxy groups -OCH3 is 1. The smallest absolute Gasteiger partial charge is 0.229 e. The third-order valence-electron chi connectivity index (χ3n) is 10.8. The number of aryl methyl sites for hydroxylation is 1. The van der Waals surface area contributed by atoms with Gasteiger partial charge in [0.15, 0.2) is 0 Å². The van der Waals surface area contributed by atoms with Gasteiger partial charge in [0.05, 0.1) is 53.8 Å². The number of nitrogens with zero attached hydrogens (tertiary/aromatic N) is 8. The van der Waals surface area contributed by atoms with Gasteiger partial charge in [-0.3, -0.25) is 19.5 Å². The van der Waals surface area contributed by atoms with Gasteiger partial charge in [-0.2, -0.15) is 10.1 Å². The van der Waals surface area contributed by atoms with Crippen molar-refractivity contribution in [3.05, 3.63) is 59.7 Å². The minimum absolute atomic E-state index is 0.430. The van der Waals surface area contributed by atoms with Crippen LogP contribution in [0.25, 0.3) is 22.2 Å². The number of hydrogen-bond donors (Lipinski definition) is 2. The number of halogens is 1. The maximum atomic E-state index is 6.02. The van der Waals surface area contributed by atoms with Crippen LogP contribution in [0.15, 0.2) is 59.7 Å². The lowest BCUT2D eigenvalue weighted by Gasteiger charge is -2.50. The Morgan fingerprint density at radius 3 is 2.39 bits per heavy atom. The largest absolute Gasteiger partial charge is 0.494 e. The summed E-state index contributed by atoms with van der Waals surface area (Å²) < 4.78 is 14.1. The molecule has 51 heavy (non-hydrogen) atoms. The zero-order valence-electron chi connectivity index (χ0n) is 29.6. The summed E-state index contributed by atoms with van der Waals surface area (Å²) in [5, 5.41) is 12.7. The van der Waals surface area contributed by atoms with E-state index in [0.717, 1.165) is 81.1 Å². The molecule has 266 valence electrons. The molecule has 0 bridgehead atoms. The number of likely N-dealkylation sites (tertiary alicyclic amines) is 1. The quantitative estimate of drug-likeness (QED) is 0.160. The third kappa shape index (κ3) is 6.89. The van der Waals surface area contributed by atoms with Gasteiger partial charge in [-0.25, -0.2) is 4.98 Å². The van der Waals surface area contributed by atoms with Crippen LogP contribution in [0.3, 0.4) is 0 Å². The molecule has 0 saturated carbocycles. The summed E-state index contributed by atoms with van der Waals surface area (Å²) in [5.41, 5.74) is 7.25. The number of anilines is 5. The molecule has 12 nitrogen and oxygen atoms in total. The Balaban J connectivity index is 1.06. The van der Waals surface area contributed by atoms with E-state index in [2.05, 4.69) is 88.1 Å². The molecule has 0 radical (unpaired) electrons. The highest BCUT2D eigenvalue weighted by Gasteiger charge is 2.40. The monoisotopic (exact) mass is 770 g/mol. The number of nitrogens with one attached hydrogen (secondary N) is 2. The van der Waals surface area contributed by atoms with Gasteiger partial charge < -0.3 is 25.0 Å². The van der Waals surface area contributed by atoms with Gasteiger partial charge in [0.2, 0.25) is 5.95 Å². The molecule has 0 atom stereocenters. The Kier molecular flexibility index (Phi) is 9.56. The number of aromatic nitrogens is 6. The number of rotatable bonds is 9. The zero-order chi connectivity index (χ0) is 35.1. The lowest BCUT2D eigenvalue weighted by Crippen LogP contribution is -2.55. The predicted molar refractivity (Wildman–Crippen MR) is 209 cm³/mol. The first-order valence-electron chi connectivity index (χ1n) is 17.5. The summed E-state index contributed by atoms with van der Waals surface area (Å²) in [6.07, 6.45) is 14.2. The highest BCUT2D eigenvalue weighted by molar-refractivity contribution is 9.10. The lowest BCUT2D eigenvalue weighted by atomic mass is 9.71. The fourth-order valence-corrected chi connectivity index (χ4v) is 9.25. The summed E-state index contributed by atoms with van der Waals surface area (Å²) in [5.74, 6) is 1.82. The van der Waals surface area contributed by atoms with Gasteiger partial charge in [-0.05, 0) is 91.6 Å². The van der Waals surface area contributed by atoms with Crippen LogP contribution in [0, 0.1) is 5.41 Å². The maximum absolute atomic E-state index is 6.02. The summed E-state index contributed by atoms with van der Waals surface area (Å²) >= 11 is 3.67. The summed E-state index contributed by atoms with van der Waals surface area (Å²) in [6, 6.07) is 8.98. The SMILES string of the molecule is COc1cc(N2CCC3(CC2)CCN(C2COC2)CC3)c(-c2cnn(C)c2)cc1Nc1ncc(Br)c(Nc2ccc3nccnc3c2P(C)C)n1. The van der Waals surface area contributed by atoms with Crippen molar-refractivity contribution < 1.29 is 9.47 Å². The van der Waals surface area contributed by atoms with Gasteiger partial charge in [0.25, 0.3) is 0 Å². The Morgan fingerprint density at radius 2 is 1.71 bits per heavy atom. The van der Waals surface area contributed by atoms with Crippen LogP contribution in [0.5, 0.6) is 5.75 Å². The third-order valence-corrected chi connectivity index (χ3v) is 12.7. The van der Waals surface area contributed by atoms with E-state index < -0.39 is 7.92 Å².